The number of rotatable bonds is 8. The van der Waals surface area contributed by atoms with Crippen molar-refractivity contribution in [2.75, 3.05) is 13.1 Å². The minimum Gasteiger partial charge on any atom is -0.444 e. The summed E-state index contributed by atoms with van der Waals surface area (Å²) in [7, 11) is 0. The topological polar surface area (TPSA) is 83.2 Å². The second-order valence-corrected chi connectivity index (χ2v) is 9.83. The van der Waals surface area contributed by atoms with E-state index in [2.05, 4.69) is 29.5 Å². The third-order valence-electron chi connectivity index (χ3n) is 5.41. The molecule has 3 N–H and O–H groups in total. The van der Waals surface area contributed by atoms with Gasteiger partial charge >= 0.3 is 6.09 Å². The van der Waals surface area contributed by atoms with Crippen LogP contribution in [-0.2, 0) is 4.74 Å². The number of H-pyrrole nitrogens is 1. The van der Waals surface area contributed by atoms with Gasteiger partial charge in [-0.15, -0.1) is 0 Å². The Morgan fingerprint density at radius 3 is 2.18 bits per heavy atom. The van der Waals surface area contributed by atoms with Crippen molar-refractivity contribution in [3.05, 3.63) is 60.3 Å². The van der Waals surface area contributed by atoms with E-state index < -0.39 is 11.7 Å². The SMILES string of the molecule is CC(CNC(=O)OC(C)(C)C)C[C@H](C)CNC(=O)c1[nH]c2ccccc2c1-c1ccccc1. The first-order chi connectivity index (χ1) is 15.6. The van der Waals surface area contributed by atoms with E-state index in [-0.39, 0.29) is 17.7 Å². The number of fused-ring (bicyclic) bond motifs is 1. The Kier molecular flexibility index (Phi) is 7.79. The monoisotopic (exact) mass is 449 g/mol. The van der Waals surface area contributed by atoms with Crippen molar-refractivity contribution >= 4 is 22.9 Å². The third-order valence-corrected chi connectivity index (χ3v) is 5.41. The van der Waals surface area contributed by atoms with Crippen molar-refractivity contribution in [1.82, 2.24) is 15.6 Å². The van der Waals surface area contributed by atoms with E-state index in [4.69, 9.17) is 4.74 Å². The molecule has 0 aliphatic heterocycles. The van der Waals surface area contributed by atoms with Gasteiger partial charge in [-0.3, -0.25) is 4.79 Å². The summed E-state index contributed by atoms with van der Waals surface area (Å²) in [5.74, 6) is 0.405. The van der Waals surface area contributed by atoms with Crippen molar-refractivity contribution in [2.24, 2.45) is 11.8 Å². The Labute approximate surface area is 196 Å². The zero-order valence-corrected chi connectivity index (χ0v) is 20.2. The minimum atomic E-state index is -0.508. The number of amides is 2. The smallest absolute Gasteiger partial charge is 0.407 e. The predicted molar refractivity (Wildman–Crippen MR) is 133 cm³/mol. The normalized spacial score (nSPS) is 13.4. The third kappa shape index (κ3) is 6.85. The van der Waals surface area contributed by atoms with Crippen LogP contribution in [0.3, 0.4) is 0 Å². The molecule has 3 aromatic rings. The highest BCUT2D eigenvalue weighted by Gasteiger charge is 2.20. The first-order valence-electron chi connectivity index (χ1n) is 11.5. The van der Waals surface area contributed by atoms with E-state index in [1.54, 1.807) is 0 Å². The molecule has 2 aromatic carbocycles. The van der Waals surface area contributed by atoms with Crippen molar-refractivity contribution in [3.8, 4) is 11.1 Å². The van der Waals surface area contributed by atoms with Gasteiger partial charge in [0.1, 0.15) is 11.3 Å². The van der Waals surface area contributed by atoms with E-state index in [1.807, 2.05) is 75.4 Å². The molecular weight excluding hydrogens is 414 g/mol. The van der Waals surface area contributed by atoms with Crippen molar-refractivity contribution < 1.29 is 14.3 Å². The predicted octanol–water partition coefficient (Wildman–Crippen LogP) is 5.75. The summed E-state index contributed by atoms with van der Waals surface area (Å²) in [6.45, 7) is 10.8. The molecule has 176 valence electrons. The number of aromatic amines is 1. The quantitative estimate of drug-likeness (QED) is 0.409. The van der Waals surface area contributed by atoms with Gasteiger partial charge in [-0.2, -0.15) is 0 Å². The standard InChI is InChI=1S/C27H35N3O3/c1-18(15-19(2)17-29-26(32)33-27(3,4)5)16-28-25(31)24-23(20-11-7-6-8-12-20)21-13-9-10-14-22(21)30-24/h6-14,18-19,30H,15-17H2,1-5H3,(H,28,31)(H,29,32)/t18-,19?/m0/s1. The molecule has 1 heterocycles. The van der Waals surface area contributed by atoms with Crippen molar-refractivity contribution in [2.45, 2.75) is 46.6 Å². The number of benzene rings is 2. The number of carbonyl (C=O) groups excluding carboxylic acids is 2. The van der Waals surface area contributed by atoms with Crippen LogP contribution < -0.4 is 10.6 Å². The molecule has 1 unspecified atom stereocenters. The van der Waals surface area contributed by atoms with E-state index in [0.29, 0.717) is 18.8 Å². The average Bonchev–Trinajstić information content (AvgIpc) is 3.15. The lowest BCUT2D eigenvalue weighted by atomic mass is 9.97. The van der Waals surface area contributed by atoms with Gasteiger partial charge < -0.3 is 20.4 Å². The summed E-state index contributed by atoms with van der Waals surface area (Å²) in [6, 6.07) is 17.9. The molecule has 2 amide bonds. The van der Waals surface area contributed by atoms with Crippen LogP contribution in [0.2, 0.25) is 0 Å². The van der Waals surface area contributed by atoms with E-state index in [1.165, 1.54) is 0 Å². The maximum Gasteiger partial charge on any atom is 0.407 e. The maximum atomic E-state index is 13.1. The molecule has 0 spiro atoms. The zero-order valence-electron chi connectivity index (χ0n) is 20.2. The number of nitrogens with one attached hydrogen (secondary N) is 3. The highest BCUT2D eigenvalue weighted by molar-refractivity contribution is 6.09. The fourth-order valence-electron chi connectivity index (χ4n) is 4.00. The Balaban J connectivity index is 1.59. The summed E-state index contributed by atoms with van der Waals surface area (Å²) in [6.07, 6.45) is 0.469. The maximum absolute atomic E-state index is 13.1. The molecule has 0 radical (unpaired) electrons. The molecule has 3 rings (SSSR count). The molecule has 6 nitrogen and oxygen atoms in total. The fourth-order valence-corrected chi connectivity index (χ4v) is 4.00. The largest absolute Gasteiger partial charge is 0.444 e. The van der Waals surface area contributed by atoms with Crippen LogP contribution in [0.25, 0.3) is 22.0 Å². The molecule has 0 aliphatic rings. The van der Waals surface area contributed by atoms with Crippen molar-refractivity contribution in [1.29, 1.82) is 0 Å². The molecule has 0 saturated heterocycles. The van der Waals surface area contributed by atoms with Gasteiger partial charge in [0.15, 0.2) is 0 Å². The summed E-state index contributed by atoms with van der Waals surface area (Å²) in [4.78, 5) is 28.3. The van der Waals surface area contributed by atoms with Gasteiger partial charge in [0, 0.05) is 29.6 Å². The van der Waals surface area contributed by atoms with Crippen LogP contribution in [0.15, 0.2) is 54.6 Å². The van der Waals surface area contributed by atoms with Crippen LogP contribution in [0.5, 0.6) is 0 Å². The van der Waals surface area contributed by atoms with E-state index in [9.17, 15) is 9.59 Å². The molecule has 33 heavy (non-hydrogen) atoms. The van der Waals surface area contributed by atoms with Crippen LogP contribution in [0.1, 0.15) is 51.5 Å². The Morgan fingerprint density at radius 1 is 0.909 bits per heavy atom. The van der Waals surface area contributed by atoms with Gasteiger partial charge in [0.2, 0.25) is 0 Å². The highest BCUT2D eigenvalue weighted by Crippen LogP contribution is 2.32. The number of aromatic nitrogens is 1. The Bertz CT molecular complexity index is 1080. The summed E-state index contributed by atoms with van der Waals surface area (Å²) in [5, 5.41) is 6.94. The number of para-hydroxylation sites is 1. The van der Waals surface area contributed by atoms with Crippen LogP contribution in [-0.4, -0.2) is 35.7 Å². The average molecular weight is 450 g/mol. The van der Waals surface area contributed by atoms with Crippen LogP contribution in [0, 0.1) is 11.8 Å². The molecule has 0 fully saturated rings. The summed E-state index contributed by atoms with van der Waals surface area (Å²) >= 11 is 0. The lowest BCUT2D eigenvalue weighted by molar-refractivity contribution is 0.0518. The molecule has 0 bridgehead atoms. The second kappa shape index (κ2) is 10.6. The molecule has 0 aliphatic carbocycles. The molecular formula is C27H35N3O3. The van der Waals surface area contributed by atoms with Crippen molar-refractivity contribution in [3.63, 3.8) is 0 Å². The summed E-state index contributed by atoms with van der Waals surface area (Å²) in [5.41, 5.74) is 2.94. The Morgan fingerprint density at radius 2 is 1.52 bits per heavy atom. The fraction of sp³-hybridized carbons (Fsp3) is 0.407. The molecule has 0 saturated carbocycles. The second-order valence-electron chi connectivity index (χ2n) is 9.83. The zero-order chi connectivity index (χ0) is 24.0. The van der Waals surface area contributed by atoms with Gasteiger partial charge in [-0.25, -0.2) is 4.79 Å². The van der Waals surface area contributed by atoms with Gasteiger partial charge in [-0.1, -0.05) is 62.4 Å². The van der Waals surface area contributed by atoms with Gasteiger partial charge in [0.05, 0.1) is 0 Å². The number of alkyl carbamates (subject to hydrolysis) is 1. The summed E-state index contributed by atoms with van der Waals surface area (Å²) < 4.78 is 5.28. The van der Waals surface area contributed by atoms with E-state index >= 15 is 0 Å². The first-order valence-corrected chi connectivity index (χ1v) is 11.5. The lowest BCUT2D eigenvalue weighted by Crippen LogP contribution is -2.35. The molecule has 1 aromatic heterocycles. The first kappa shape index (κ1) is 24.4. The molecule has 6 heteroatoms. The van der Waals surface area contributed by atoms with E-state index in [0.717, 1.165) is 28.5 Å². The Hall–Kier alpha value is -3.28. The van der Waals surface area contributed by atoms with Crippen LogP contribution >= 0.6 is 0 Å². The number of hydrogen-bond acceptors (Lipinski definition) is 3. The highest BCUT2D eigenvalue weighted by atomic mass is 16.6. The lowest BCUT2D eigenvalue weighted by Gasteiger charge is -2.22. The number of hydrogen-bond donors (Lipinski definition) is 3. The van der Waals surface area contributed by atoms with Gasteiger partial charge in [0.25, 0.3) is 5.91 Å². The minimum absolute atomic E-state index is 0.114. The molecule has 2 atom stereocenters. The number of ether oxygens (including phenoxy) is 1. The van der Waals surface area contributed by atoms with Crippen LogP contribution in [0.4, 0.5) is 4.79 Å². The van der Waals surface area contributed by atoms with Gasteiger partial charge in [-0.05, 0) is 50.7 Å². The number of carbonyl (C=O) groups is 2.